The summed E-state index contributed by atoms with van der Waals surface area (Å²) in [5.74, 6) is 0.809. The van der Waals surface area contributed by atoms with Gasteiger partial charge in [-0.25, -0.2) is 10.4 Å². The number of ether oxygens (including phenoxy) is 2. The third kappa shape index (κ3) is 5.81. The molecule has 3 aromatic rings. The van der Waals surface area contributed by atoms with Crippen LogP contribution in [0.2, 0.25) is 5.15 Å². The van der Waals surface area contributed by atoms with Crippen molar-refractivity contribution in [1.82, 2.24) is 10.4 Å². The maximum Gasteiger partial charge on any atom is 0.274 e. The SMILES string of the molecule is CCOc1cc(C=NNC(=O)c2cccnc2Cl)ccc1OCc1ccc(C)cc1. The number of benzene rings is 2. The van der Waals surface area contributed by atoms with Gasteiger partial charge in [0.15, 0.2) is 11.5 Å². The van der Waals surface area contributed by atoms with Crippen molar-refractivity contribution in [2.45, 2.75) is 20.5 Å². The molecule has 2 aromatic carbocycles. The van der Waals surface area contributed by atoms with E-state index in [9.17, 15) is 4.79 Å². The highest BCUT2D eigenvalue weighted by Gasteiger charge is 2.10. The Kier molecular flexibility index (Phi) is 7.40. The number of aromatic nitrogens is 1. The van der Waals surface area contributed by atoms with Crippen LogP contribution in [0.25, 0.3) is 0 Å². The second-order valence-electron chi connectivity index (χ2n) is 6.45. The smallest absolute Gasteiger partial charge is 0.274 e. The summed E-state index contributed by atoms with van der Waals surface area (Å²) in [6, 6.07) is 16.8. The summed E-state index contributed by atoms with van der Waals surface area (Å²) in [7, 11) is 0. The number of hydrogen-bond donors (Lipinski definition) is 1. The third-order valence-corrected chi connectivity index (χ3v) is 4.47. The van der Waals surface area contributed by atoms with Crippen LogP contribution in [0, 0.1) is 6.92 Å². The average molecular weight is 424 g/mol. The molecule has 1 heterocycles. The Balaban J connectivity index is 1.66. The number of carbonyl (C=O) groups is 1. The van der Waals surface area contributed by atoms with Crippen LogP contribution in [0.15, 0.2) is 65.9 Å². The zero-order chi connectivity index (χ0) is 21.3. The highest BCUT2D eigenvalue weighted by molar-refractivity contribution is 6.32. The highest BCUT2D eigenvalue weighted by atomic mass is 35.5. The van der Waals surface area contributed by atoms with E-state index in [0.717, 1.165) is 11.1 Å². The van der Waals surface area contributed by atoms with Crippen molar-refractivity contribution in [3.8, 4) is 11.5 Å². The summed E-state index contributed by atoms with van der Waals surface area (Å²) in [5, 5.41) is 4.11. The van der Waals surface area contributed by atoms with Crippen LogP contribution >= 0.6 is 11.6 Å². The molecule has 0 aliphatic carbocycles. The highest BCUT2D eigenvalue weighted by Crippen LogP contribution is 2.29. The van der Waals surface area contributed by atoms with E-state index < -0.39 is 5.91 Å². The second-order valence-corrected chi connectivity index (χ2v) is 6.81. The van der Waals surface area contributed by atoms with Gasteiger partial charge >= 0.3 is 0 Å². The normalized spacial score (nSPS) is 10.8. The van der Waals surface area contributed by atoms with Crippen LogP contribution in [0.4, 0.5) is 0 Å². The Morgan fingerprint density at radius 2 is 1.93 bits per heavy atom. The molecule has 0 spiro atoms. The number of hydrogen-bond acceptors (Lipinski definition) is 5. The summed E-state index contributed by atoms with van der Waals surface area (Å²) in [4.78, 5) is 16.0. The molecule has 0 radical (unpaired) electrons. The Hall–Kier alpha value is -3.38. The van der Waals surface area contributed by atoms with Crippen molar-refractivity contribution < 1.29 is 14.3 Å². The van der Waals surface area contributed by atoms with E-state index in [1.807, 2.05) is 38.1 Å². The van der Waals surface area contributed by atoms with E-state index in [0.29, 0.717) is 24.7 Å². The van der Waals surface area contributed by atoms with Gasteiger partial charge in [-0.3, -0.25) is 4.79 Å². The van der Waals surface area contributed by atoms with E-state index in [1.165, 1.54) is 18.0 Å². The minimum atomic E-state index is -0.438. The Bertz CT molecular complexity index is 1040. The van der Waals surface area contributed by atoms with E-state index in [2.05, 4.69) is 27.6 Å². The molecule has 0 bridgehead atoms. The van der Waals surface area contributed by atoms with Gasteiger partial charge in [0.1, 0.15) is 11.8 Å². The number of pyridine rings is 1. The number of carbonyl (C=O) groups excluding carboxylic acids is 1. The Morgan fingerprint density at radius 3 is 2.67 bits per heavy atom. The Labute approximate surface area is 180 Å². The molecular weight excluding hydrogens is 402 g/mol. The minimum absolute atomic E-state index is 0.124. The first-order chi connectivity index (χ1) is 14.6. The van der Waals surface area contributed by atoms with Gasteiger partial charge in [-0.1, -0.05) is 41.4 Å². The molecule has 0 saturated carbocycles. The summed E-state index contributed by atoms with van der Waals surface area (Å²) >= 11 is 5.92. The number of nitrogens with one attached hydrogen (secondary N) is 1. The summed E-state index contributed by atoms with van der Waals surface area (Å²) in [6.07, 6.45) is 3.04. The van der Waals surface area contributed by atoms with Crippen LogP contribution in [0.5, 0.6) is 11.5 Å². The van der Waals surface area contributed by atoms with Crippen molar-refractivity contribution >= 4 is 23.7 Å². The molecule has 0 aliphatic rings. The van der Waals surface area contributed by atoms with E-state index >= 15 is 0 Å². The first-order valence-electron chi connectivity index (χ1n) is 9.46. The van der Waals surface area contributed by atoms with Crippen LogP contribution in [-0.2, 0) is 6.61 Å². The predicted octanol–water partition coefficient (Wildman–Crippen LogP) is 4.79. The van der Waals surface area contributed by atoms with Crippen LogP contribution < -0.4 is 14.9 Å². The molecule has 0 aliphatic heterocycles. The van der Waals surface area contributed by atoms with Gasteiger partial charge in [-0.2, -0.15) is 5.10 Å². The lowest BCUT2D eigenvalue weighted by molar-refractivity contribution is 0.0955. The van der Waals surface area contributed by atoms with Gasteiger partial charge in [-0.05, 0) is 55.3 Å². The minimum Gasteiger partial charge on any atom is -0.490 e. The average Bonchev–Trinajstić information content (AvgIpc) is 2.75. The van der Waals surface area contributed by atoms with Crippen molar-refractivity contribution in [2.24, 2.45) is 5.10 Å². The fraction of sp³-hybridized carbons (Fsp3) is 0.174. The molecule has 0 saturated heterocycles. The van der Waals surface area contributed by atoms with Crippen molar-refractivity contribution in [3.05, 3.63) is 88.2 Å². The summed E-state index contributed by atoms with van der Waals surface area (Å²) in [6.45, 7) is 4.89. The first kappa shape index (κ1) is 21.3. The molecule has 0 fully saturated rings. The fourth-order valence-electron chi connectivity index (χ4n) is 2.62. The first-order valence-corrected chi connectivity index (χ1v) is 9.83. The fourth-order valence-corrected chi connectivity index (χ4v) is 2.82. The zero-order valence-corrected chi connectivity index (χ0v) is 17.5. The molecule has 0 atom stereocenters. The van der Waals surface area contributed by atoms with Gasteiger partial charge in [0.05, 0.1) is 18.4 Å². The molecule has 7 heteroatoms. The van der Waals surface area contributed by atoms with Crippen LogP contribution in [-0.4, -0.2) is 23.7 Å². The molecule has 1 N–H and O–H groups in total. The van der Waals surface area contributed by atoms with Gasteiger partial charge in [0, 0.05) is 6.20 Å². The summed E-state index contributed by atoms with van der Waals surface area (Å²) < 4.78 is 11.6. The van der Waals surface area contributed by atoms with Crippen molar-refractivity contribution in [2.75, 3.05) is 6.61 Å². The molecular formula is C23H22ClN3O3. The maximum absolute atomic E-state index is 12.1. The predicted molar refractivity (Wildman–Crippen MR) is 117 cm³/mol. The zero-order valence-electron chi connectivity index (χ0n) is 16.8. The van der Waals surface area contributed by atoms with E-state index in [-0.39, 0.29) is 10.7 Å². The largest absolute Gasteiger partial charge is 0.490 e. The molecule has 1 aromatic heterocycles. The topological polar surface area (TPSA) is 72.8 Å². The van der Waals surface area contributed by atoms with E-state index in [4.69, 9.17) is 21.1 Å². The quantitative estimate of drug-likeness (QED) is 0.321. The third-order valence-electron chi connectivity index (χ3n) is 4.17. The molecule has 3 rings (SSSR count). The second kappa shape index (κ2) is 10.4. The van der Waals surface area contributed by atoms with Gasteiger partial charge in [-0.15, -0.1) is 0 Å². The van der Waals surface area contributed by atoms with Gasteiger partial charge < -0.3 is 9.47 Å². The maximum atomic E-state index is 12.1. The van der Waals surface area contributed by atoms with Crippen molar-refractivity contribution in [1.29, 1.82) is 0 Å². The Morgan fingerprint density at radius 1 is 1.13 bits per heavy atom. The lowest BCUT2D eigenvalue weighted by Crippen LogP contribution is -2.18. The number of amides is 1. The van der Waals surface area contributed by atoms with Gasteiger partial charge in [0.25, 0.3) is 5.91 Å². The number of rotatable bonds is 8. The molecule has 30 heavy (non-hydrogen) atoms. The number of halogens is 1. The molecule has 0 unspecified atom stereocenters. The van der Waals surface area contributed by atoms with Crippen LogP contribution in [0.1, 0.15) is 34.0 Å². The van der Waals surface area contributed by atoms with Crippen LogP contribution in [0.3, 0.4) is 0 Å². The monoisotopic (exact) mass is 423 g/mol. The number of aryl methyl sites for hydroxylation is 1. The van der Waals surface area contributed by atoms with Gasteiger partial charge in [0.2, 0.25) is 0 Å². The van der Waals surface area contributed by atoms with E-state index in [1.54, 1.807) is 18.2 Å². The molecule has 6 nitrogen and oxygen atoms in total. The van der Waals surface area contributed by atoms with Crippen molar-refractivity contribution in [3.63, 3.8) is 0 Å². The molecule has 1 amide bonds. The standard InChI is InChI=1S/C23H22ClN3O3/c1-3-29-21-13-18(14-26-27-23(28)19-5-4-12-25-22(19)24)10-11-20(21)30-15-17-8-6-16(2)7-9-17/h4-14H,3,15H2,1-2H3,(H,27,28). The number of nitrogens with zero attached hydrogens (tertiary/aromatic N) is 2. The summed E-state index contributed by atoms with van der Waals surface area (Å²) in [5.41, 5.74) is 5.72. The number of hydrazone groups is 1. The lowest BCUT2D eigenvalue weighted by atomic mass is 10.2. The lowest BCUT2D eigenvalue weighted by Gasteiger charge is -2.12. The molecule has 154 valence electrons.